The second-order valence-corrected chi connectivity index (χ2v) is 5.53. The Morgan fingerprint density at radius 3 is 2.76 bits per heavy atom. The predicted molar refractivity (Wildman–Crippen MR) is 81.9 cm³/mol. The van der Waals surface area contributed by atoms with Crippen molar-refractivity contribution in [3.63, 3.8) is 0 Å². The van der Waals surface area contributed by atoms with Crippen molar-refractivity contribution < 1.29 is 9.90 Å². The van der Waals surface area contributed by atoms with Crippen LogP contribution in [0.15, 0.2) is 30.3 Å². The lowest BCUT2D eigenvalue weighted by atomic mass is 9.97. The van der Waals surface area contributed by atoms with E-state index in [-0.39, 0.29) is 12.5 Å². The average Bonchev–Trinajstić information content (AvgIpc) is 2.54. The minimum atomic E-state index is -0.0798. The third kappa shape index (κ3) is 2.69. The Kier molecular flexibility index (Phi) is 3.75. The van der Waals surface area contributed by atoms with Gasteiger partial charge in [0, 0.05) is 30.8 Å². The van der Waals surface area contributed by atoms with Crippen molar-refractivity contribution in [2.75, 3.05) is 25.4 Å². The number of benzene rings is 1. The highest BCUT2D eigenvalue weighted by atomic mass is 16.3. The highest BCUT2D eigenvalue weighted by Crippen LogP contribution is 2.22. The first-order valence-corrected chi connectivity index (χ1v) is 7.24. The molecule has 0 spiro atoms. The number of amides is 1. The molecule has 0 atom stereocenters. The van der Waals surface area contributed by atoms with Crippen molar-refractivity contribution in [2.45, 2.75) is 12.8 Å². The van der Waals surface area contributed by atoms with Crippen LogP contribution in [0.3, 0.4) is 0 Å². The van der Waals surface area contributed by atoms with E-state index in [1.807, 2.05) is 24.3 Å². The Balaban J connectivity index is 1.85. The molecule has 1 amide bonds. The van der Waals surface area contributed by atoms with Gasteiger partial charge in [0.1, 0.15) is 5.69 Å². The van der Waals surface area contributed by atoms with Gasteiger partial charge in [0.15, 0.2) is 0 Å². The molecule has 0 radical (unpaired) electrons. The van der Waals surface area contributed by atoms with Gasteiger partial charge in [-0.05, 0) is 30.9 Å². The summed E-state index contributed by atoms with van der Waals surface area (Å²) < 4.78 is 0. The van der Waals surface area contributed by atoms with E-state index in [0.717, 1.165) is 23.7 Å². The van der Waals surface area contributed by atoms with Gasteiger partial charge in [-0.1, -0.05) is 18.2 Å². The first kappa shape index (κ1) is 13.8. The molecule has 5 nitrogen and oxygen atoms in total. The number of fused-ring (bicyclic) bond motifs is 1. The van der Waals surface area contributed by atoms with Crippen LogP contribution in [0.4, 0.5) is 5.69 Å². The number of hydrogen-bond acceptors (Lipinski definition) is 4. The molecule has 1 saturated heterocycles. The number of nitrogens with two attached hydrogens (primary N) is 1. The summed E-state index contributed by atoms with van der Waals surface area (Å²) in [6.45, 7) is 1.53. The number of aliphatic hydroxyl groups is 1. The van der Waals surface area contributed by atoms with Gasteiger partial charge in [0.2, 0.25) is 0 Å². The highest BCUT2D eigenvalue weighted by molar-refractivity contribution is 5.99. The highest BCUT2D eigenvalue weighted by Gasteiger charge is 2.24. The summed E-state index contributed by atoms with van der Waals surface area (Å²) in [6, 6.07) is 9.21. The number of piperidine rings is 1. The molecule has 21 heavy (non-hydrogen) atoms. The lowest BCUT2D eigenvalue weighted by Crippen LogP contribution is -2.39. The number of para-hydroxylation sites is 1. The first-order chi connectivity index (χ1) is 10.2. The van der Waals surface area contributed by atoms with E-state index < -0.39 is 0 Å². The van der Waals surface area contributed by atoms with Gasteiger partial charge in [0.25, 0.3) is 5.91 Å². The lowest BCUT2D eigenvalue weighted by Gasteiger charge is -2.31. The van der Waals surface area contributed by atoms with E-state index in [0.29, 0.717) is 30.4 Å². The summed E-state index contributed by atoms with van der Waals surface area (Å²) in [5, 5.41) is 10.0. The Morgan fingerprint density at radius 2 is 2.05 bits per heavy atom. The molecule has 1 aliphatic heterocycles. The number of nitrogens with zero attached hydrogens (tertiary/aromatic N) is 2. The van der Waals surface area contributed by atoms with E-state index in [1.165, 1.54) is 0 Å². The molecule has 3 N–H and O–H groups in total. The van der Waals surface area contributed by atoms with Crippen molar-refractivity contribution in [3.8, 4) is 0 Å². The normalized spacial score (nSPS) is 16.3. The molecule has 1 fully saturated rings. The number of carbonyl (C=O) groups is 1. The van der Waals surface area contributed by atoms with Crippen LogP contribution in [0, 0.1) is 5.92 Å². The number of pyridine rings is 1. The summed E-state index contributed by atoms with van der Waals surface area (Å²) in [5.74, 6) is 0.229. The second-order valence-electron chi connectivity index (χ2n) is 5.53. The van der Waals surface area contributed by atoms with Crippen LogP contribution in [-0.2, 0) is 0 Å². The summed E-state index contributed by atoms with van der Waals surface area (Å²) in [6.07, 6.45) is 1.68. The number of likely N-dealkylation sites (tertiary alicyclic amines) is 1. The van der Waals surface area contributed by atoms with Crippen molar-refractivity contribution in [1.82, 2.24) is 9.88 Å². The third-order valence-electron chi connectivity index (χ3n) is 4.13. The molecule has 1 aromatic heterocycles. The Morgan fingerprint density at radius 1 is 1.33 bits per heavy atom. The Bertz CT molecular complexity index is 664. The quantitative estimate of drug-likeness (QED) is 0.879. The summed E-state index contributed by atoms with van der Waals surface area (Å²) in [7, 11) is 0. The van der Waals surface area contributed by atoms with Crippen LogP contribution in [0.2, 0.25) is 0 Å². The van der Waals surface area contributed by atoms with Crippen LogP contribution in [-0.4, -0.2) is 40.6 Å². The average molecular weight is 285 g/mol. The molecular formula is C16H19N3O2. The van der Waals surface area contributed by atoms with Crippen LogP contribution < -0.4 is 5.73 Å². The molecule has 5 heteroatoms. The zero-order chi connectivity index (χ0) is 14.8. The minimum absolute atomic E-state index is 0.0798. The molecule has 110 valence electrons. The maximum Gasteiger partial charge on any atom is 0.272 e. The van der Waals surface area contributed by atoms with Gasteiger partial charge in [-0.25, -0.2) is 4.98 Å². The number of nitrogen functional groups attached to an aromatic ring is 1. The van der Waals surface area contributed by atoms with E-state index >= 15 is 0 Å². The molecule has 2 heterocycles. The number of carbonyl (C=O) groups excluding carboxylic acids is 1. The van der Waals surface area contributed by atoms with Gasteiger partial charge in [-0.3, -0.25) is 4.79 Å². The van der Waals surface area contributed by atoms with Crippen LogP contribution >= 0.6 is 0 Å². The van der Waals surface area contributed by atoms with E-state index in [4.69, 9.17) is 10.8 Å². The summed E-state index contributed by atoms with van der Waals surface area (Å²) in [5.41, 5.74) is 7.74. The topological polar surface area (TPSA) is 79.5 Å². The van der Waals surface area contributed by atoms with E-state index in [9.17, 15) is 4.79 Å². The number of anilines is 1. The monoisotopic (exact) mass is 285 g/mol. The minimum Gasteiger partial charge on any atom is -0.398 e. The van der Waals surface area contributed by atoms with Crippen LogP contribution in [0.5, 0.6) is 0 Å². The van der Waals surface area contributed by atoms with Gasteiger partial charge in [-0.2, -0.15) is 0 Å². The largest absolute Gasteiger partial charge is 0.398 e. The molecule has 0 saturated carbocycles. The number of aliphatic hydroxyl groups excluding tert-OH is 1. The molecule has 3 rings (SSSR count). The van der Waals surface area contributed by atoms with Crippen LogP contribution in [0.1, 0.15) is 23.3 Å². The lowest BCUT2D eigenvalue weighted by molar-refractivity contribution is 0.0645. The summed E-state index contributed by atoms with van der Waals surface area (Å²) >= 11 is 0. The second kappa shape index (κ2) is 5.69. The van der Waals surface area contributed by atoms with E-state index in [1.54, 1.807) is 11.0 Å². The zero-order valence-corrected chi connectivity index (χ0v) is 11.8. The molecule has 1 aromatic carbocycles. The Hall–Kier alpha value is -2.14. The molecule has 0 unspecified atom stereocenters. The van der Waals surface area contributed by atoms with Crippen molar-refractivity contribution in [2.24, 2.45) is 5.92 Å². The van der Waals surface area contributed by atoms with E-state index in [2.05, 4.69) is 4.98 Å². The Labute approximate surface area is 123 Å². The van der Waals surface area contributed by atoms with Gasteiger partial charge < -0.3 is 15.7 Å². The number of rotatable bonds is 2. The van der Waals surface area contributed by atoms with Crippen molar-refractivity contribution >= 4 is 22.5 Å². The summed E-state index contributed by atoms with van der Waals surface area (Å²) in [4.78, 5) is 18.8. The molecular weight excluding hydrogens is 266 g/mol. The van der Waals surface area contributed by atoms with Crippen molar-refractivity contribution in [1.29, 1.82) is 0 Å². The fourth-order valence-corrected chi connectivity index (χ4v) is 2.79. The van der Waals surface area contributed by atoms with Gasteiger partial charge in [-0.15, -0.1) is 0 Å². The van der Waals surface area contributed by atoms with Crippen LogP contribution in [0.25, 0.3) is 10.9 Å². The third-order valence-corrected chi connectivity index (χ3v) is 4.13. The number of hydrogen-bond donors (Lipinski definition) is 2. The fraction of sp³-hybridized carbons (Fsp3) is 0.375. The maximum absolute atomic E-state index is 12.5. The first-order valence-electron chi connectivity index (χ1n) is 7.24. The molecule has 2 aromatic rings. The van der Waals surface area contributed by atoms with Gasteiger partial charge >= 0.3 is 0 Å². The SMILES string of the molecule is Nc1cc(C(=O)N2CCC(CO)CC2)nc2ccccc12. The number of aromatic nitrogens is 1. The van der Waals surface area contributed by atoms with Gasteiger partial charge in [0.05, 0.1) is 5.52 Å². The molecule has 1 aliphatic rings. The standard InChI is InChI=1S/C16H19N3O2/c17-13-9-15(18-14-4-2-1-3-12(13)14)16(21)19-7-5-11(10-20)6-8-19/h1-4,9,11,20H,5-8,10H2,(H2,17,18). The molecule has 0 bridgehead atoms. The molecule has 0 aliphatic carbocycles. The predicted octanol–water partition coefficient (Wildman–Crippen LogP) is 1.66. The van der Waals surface area contributed by atoms with Crippen molar-refractivity contribution in [3.05, 3.63) is 36.0 Å². The maximum atomic E-state index is 12.5. The fourth-order valence-electron chi connectivity index (χ4n) is 2.79. The smallest absolute Gasteiger partial charge is 0.272 e. The zero-order valence-electron chi connectivity index (χ0n) is 11.8.